The van der Waals surface area contributed by atoms with Crippen molar-refractivity contribution in [3.8, 4) is 5.75 Å². The summed E-state index contributed by atoms with van der Waals surface area (Å²) in [5, 5.41) is 19.3. The van der Waals surface area contributed by atoms with Crippen molar-refractivity contribution in [2.75, 3.05) is 13.2 Å². The van der Waals surface area contributed by atoms with Gasteiger partial charge in [-0.3, -0.25) is 0 Å². The molecule has 2 fully saturated rings. The van der Waals surface area contributed by atoms with Crippen LogP contribution in [0.2, 0.25) is 0 Å². The maximum atomic E-state index is 10.0. The third kappa shape index (κ3) is 4.13. The van der Waals surface area contributed by atoms with Crippen molar-refractivity contribution in [3.63, 3.8) is 0 Å². The summed E-state index contributed by atoms with van der Waals surface area (Å²) >= 11 is 0. The van der Waals surface area contributed by atoms with E-state index in [9.17, 15) is 10.2 Å². The van der Waals surface area contributed by atoms with E-state index in [-0.39, 0.29) is 0 Å². The van der Waals surface area contributed by atoms with Crippen LogP contribution in [0.5, 0.6) is 5.75 Å². The largest absolute Gasteiger partial charge is 0.494 e. The number of rotatable bonds is 7. The number of benzene rings is 1. The highest BCUT2D eigenvalue weighted by Gasteiger charge is 2.56. The summed E-state index contributed by atoms with van der Waals surface area (Å²) in [6, 6.07) is 7.61. The van der Waals surface area contributed by atoms with E-state index < -0.39 is 43.1 Å². The number of aliphatic hydroxyl groups excluding tert-OH is 2. The van der Waals surface area contributed by atoms with Gasteiger partial charge in [0.15, 0.2) is 12.1 Å². The summed E-state index contributed by atoms with van der Waals surface area (Å²) in [6.45, 7) is 6.06. The molecule has 1 aromatic carbocycles. The van der Waals surface area contributed by atoms with E-state index in [1.807, 2.05) is 31.2 Å². The van der Waals surface area contributed by atoms with Gasteiger partial charge in [0.05, 0.1) is 19.8 Å². The standard InChI is InChI=1S/C18H26O7/c1-4-21-12-7-5-11(6-8-12)10-22-15-14(13(20)9-19)23-17-16(15)24-18(2,3)25-17/h5-8,13-17,19-20H,4,9-10H2,1-3H3/t13-,14-,15+,16-,17+/m1/s1. The number of hydrogen-bond donors (Lipinski definition) is 2. The van der Waals surface area contributed by atoms with Crippen molar-refractivity contribution < 1.29 is 33.9 Å². The fourth-order valence-corrected chi connectivity index (χ4v) is 3.15. The van der Waals surface area contributed by atoms with Crippen molar-refractivity contribution in [1.29, 1.82) is 0 Å². The number of ether oxygens (including phenoxy) is 5. The molecule has 2 heterocycles. The molecule has 0 saturated carbocycles. The fourth-order valence-electron chi connectivity index (χ4n) is 3.15. The summed E-state index contributed by atoms with van der Waals surface area (Å²) in [4.78, 5) is 0. The molecule has 2 aliphatic rings. The molecular weight excluding hydrogens is 328 g/mol. The van der Waals surface area contributed by atoms with E-state index in [0.29, 0.717) is 13.2 Å². The first-order chi connectivity index (χ1) is 11.9. The molecule has 0 spiro atoms. The zero-order valence-corrected chi connectivity index (χ0v) is 14.8. The summed E-state index contributed by atoms with van der Waals surface area (Å²) in [5.74, 6) is 0.0314. The Hall–Kier alpha value is -1.22. The number of hydrogen-bond acceptors (Lipinski definition) is 7. The summed E-state index contributed by atoms with van der Waals surface area (Å²) in [6.07, 6.45) is -3.39. The number of fused-ring (bicyclic) bond motifs is 1. The Morgan fingerprint density at radius 1 is 1.20 bits per heavy atom. The van der Waals surface area contributed by atoms with Crippen LogP contribution >= 0.6 is 0 Å². The van der Waals surface area contributed by atoms with Crippen LogP contribution in [0.25, 0.3) is 0 Å². The highest BCUT2D eigenvalue weighted by atomic mass is 16.8. The van der Waals surface area contributed by atoms with Gasteiger partial charge in [-0.2, -0.15) is 0 Å². The van der Waals surface area contributed by atoms with E-state index in [0.717, 1.165) is 11.3 Å². The molecule has 2 N–H and O–H groups in total. The van der Waals surface area contributed by atoms with Gasteiger partial charge >= 0.3 is 0 Å². The minimum absolute atomic E-state index is 0.322. The minimum atomic E-state index is -1.06. The molecule has 0 radical (unpaired) electrons. The number of aliphatic hydroxyl groups is 2. The van der Waals surface area contributed by atoms with E-state index in [2.05, 4.69) is 0 Å². The Balaban J connectivity index is 1.66. The predicted molar refractivity (Wildman–Crippen MR) is 88.0 cm³/mol. The topological polar surface area (TPSA) is 86.6 Å². The Labute approximate surface area is 147 Å². The quantitative estimate of drug-likeness (QED) is 0.761. The first kappa shape index (κ1) is 18.6. The molecule has 0 bridgehead atoms. The summed E-state index contributed by atoms with van der Waals surface area (Å²) < 4.78 is 28.7. The van der Waals surface area contributed by atoms with Crippen LogP contribution < -0.4 is 4.74 Å². The van der Waals surface area contributed by atoms with E-state index in [1.165, 1.54) is 0 Å². The molecule has 0 aromatic heterocycles. The van der Waals surface area contributed by atoms with Crippen LogP contribution in [-0.4, -0.2) is 59.9 Å². The summed E-state index contributed by atoms with van der Waals surface area (Å²) in [5.41, 5.74) is 0.960. The Bertz CT molecular complexity index is 559. The van der Waals surface area contributed by atoms with Crippen molar-refractivity contribution in [2.24, 2.45) is 0 Å². The van der Waals surface area contributed by atoms with Gasteiger partial charge in [0.25, 0.3) is 0 Å². The van der Waals surface area contributed by atoms with Crippen LogP contribution in [-0.2, 0) is 25.6 Å². The molecule has 140 valence electrons. The van der Waals surface area contributed by atoms with Gasteiger partial charge in [-0.25, -0.2) is 0 Å². The Kier molecular flexibility index (Phi) is 5.62. The fraction of sp³-hybridized carbons (Fsp3) is 0.667. The molecule has 25 heavy (non-hydrogen) atoms. The van der Waals surface area contributed by atoms with Crippen LogP contribution in [0, 0.1) is 0 Å². The van der Waals surface area contributed by atoms with Crippen LogP contribution in [0.3, 0.4) is 0 Å². The molecule has 1 aromatic rings. The Morgan fingerprint density at radius 3 is 2.56 bits per heavy atom. The molecule has 0 aliphatic carbocycles. The molecular formula is C18H26O7. The first-order valence-electron chi connectivity index (χ1n) is 8.57. The van der Waals surface area contributed by atoms with Crippen LogP contribution in [0.15, 0.2) is 24.3 Å². The highest BCUT2D eigenvalue weighted by molar-refractivity contribution is 5.26. The second kappa shape index (κ2) is 7.57. The average Bonchev–Trinajstić information content (AvgIpc) is 3.05. The molecule has 2 aliphatic heterocycles. The zero-order chi connectivity index (χ0) is 18.0. The zero-order valence-electron chi connectivity index (χ0n) is 14.8. The lowest BCUT2D eigenvalue weighted by Crippen LogP contribution is -2.44. The smallest absolute Gasteiger partial charge is 0.190 e. The van der Waals surface area contributed by atoms with Crippen molar-refractivity contribution in [2.45, 2.75) is 63.9 Å². The lowest BCUT2D eigenvalue weighted by atomic mass is 10.1. The van der Waals surface area contributed by atoms with E-state index in [1.54, 1.807) is 13.8 Å². The van der Waals surface area contributed by atoms with Gasteiger partial charge < -0.3 is 33.9 Å². The molecule has 5 atom stereocenters. The molecule has 0 unspecified atom stereocenters. The maximum Gasteiger partial charge on any atom is 0.190 e. The lowest BCUT2D eigenvalue weighted by molar-refractivity contribution is -0.232. The van der Waals surface area contributed by atoms with E-state index >= 15 is 0 Å². The monoisotopic (exact) mass is 354 g/mol. The first-order valence-corrected chi connectivity index (χ1v) is 8.57. The average molecular weight is 354 g/mol. The maximum absolute atomic E-state index is 10.0. The molecule has 7 heteroatoms. The molecule has 3 rings (SSSR count). The van der Waals surface area contributed by atoms with E-state index in [4.69, 9.17) is 23.7 Å². The van der Waals surface area contributed by atoms with Gasteiger partial charge in [0, 0.05) is 0 Å². The van der Waals surface area contributed by atoms with Gasteiger partial charge in [0.1, 0.15) is 30.2 Å². The van der Waals surface area contributed by atoms with Gasteiger partial charge in [-0.05, 0) is 38.5 Å². The highest BCUT2D eigenvalue weighted by Crippen LogP contribution is 2.39. The van der Waals surface area contributed by atoms with Gasteiger partial charge in [0.2, 0.25) is 0 Å². The molecule has 2 saturated heterocycles. The lowest BCUT2D eigenvalue weighted by Gasteiger charge is -2.28. The second-order valence-corrected chi connectivity index (χ2v) is 6.67. The van der Waals surface area contributed by atoms with Crippen molar-refractivity contribution >= 4 is 0 Å². The third-order valence-corrected chi connectivity index (χ3v) is 4.27. The minimum Gasteiger partial charge on any atom is -0.494 e. The van der Waals surface area contributed by atoms with Crippen molar-refractivity contribution in [3.05, 3.63) is 29.8 Å². The van der Waals surface area contributed by atoms with Gasteiger partial charge in [-0.1, -0.05) is 12.1 Å². The van der Waals surface area contributed by atoms with Gasteiger partial charge in [-0.15, -0.1) is 0 Å². The third-order valence-electron chi connectivity index (χ3n) is 4.27. The van der Waals surface area contributed by atoms with Crippen LogP contribution in [0.1, 0.15) is 26.3 Å². The summed E-state index contributed by atoms with van der Waals surface area (Å²) in [7, 11) is 0. The van der Waals surface area contributed by atoms with Crippen LogP contribution in [0.4, 0.5) is 0 Å². The molecule has 0 amide bonds. The predicted octanol–water partition coefficient (Wildman–Crippen LogP) is 1.20. The SMILES string of the molecule is CCOc1ccc(CO[C@@H]2[C@H]3OC(C)(C)O[C@@H]3O[C@@H]2[C@H](O)CO)cc1. The molecule has 7 nitrogen and oxygen atoms in total. The Morgan fingerprint density at radius 2 is 1.92 bits per heavy atom. The van der Waals surface area contributed by atoms with Crippen molar-refractivity contribution in [1.82, 2.24) is 0 Å². The second-order valence-electron chi connectivity index (χ2n) is 6.67. The normalized spacial score (nSPS) is 31.7.